The lowest BCUT2D eigenvalue weighted by molar-refractivity contribution is 0.0980. The fourth-order valence-electron chi connectivity index (χ4n) is 2.87. The Labute approximate surface area is 127 Å². The summed E-state index contributed by atoms with van der Waals surface area (Å²) in [6.45, 7) is 9.40. The Bertz CT molecular complexity index is 603. The molecule has 1 saturated heterocycles. The third-order valence-corrected chi connectivity index (χ3v) is 4.09. The molecule has 0 saturated carbocycles. The Balaban J connectivity index is 1.78. The number of hydrogen-bond acceptors (Lipinski definition) is 2. The second-order valence-electron chi connectivity index (χ2n) is 7.10. The van der Waals surface area contributed by atoms with Gasteiger partial charge >= 0.3 is 0 Å². The van der Waals surface area contributed by atoms with E-state index in [9.17, 15) is 0 Å². The number of nitrogens with zero attached hydrogens (tertiary/aromatic N) is 1. The number of benzene rings is 1. The number of rotatable bonds is 4. The van der Waals surface area contributed by atoms with E-state index in [1.54, 1.807) is 0 Å². The Morgan fingerprint density at radius 1 is 1.29 bits per heavy atom. The quantitative estimate of drug-likeness (QED) is 0.927. The normalized spacial score (nSPS) is 19.5. The highest BCUT2D eigenvalue weighted by Crippen LogP contribution is 2.21. The largest absolute Gasteiger partial charge is 0.376 e. The van der Waals surface area contributed by atoms with Crippen LogP contribution in [0.3, 0.4) is 0 Å². The summed E-state index contributed by atoms with van der Waals surface area (Å²) in [4.78, 5) is 0. The molecule has 2 aromatic rings. The summed E-state index contributed by atoms with van der Waals surface area (Å²) in [5.41, 5.74) is 2.80. The van der Waals surface area contributed by atoms with Gasteiger partial charge in [0, 0.05) is 36.9 Å². The van der Waals surface area contributed by atoms with Crippen molar-refractivity contribution in [2.75, 3.05) is 6.61 Å². The van der Waals surface area contributed by atoms with E-state index in [1.807, 2.05) is 0 Å². The van der Waals surface area contributed by atoms with Crippen molar-refractivity contribution in [2.45, 2.75) is 58.3 Å². The van der Waals surface area contributed by atoms with Gasteiger partial charge in [-0.25, -0.2) is 0 Å². The zero-order valence-corrected chi connectivity index (χ0v) is 13.4. The summed E-state index contributed by atoms with van der Waals surface area (Å²) in [5, 5.41) is 4.87. The minimum absolute atomic E-state index is 0.147. The van der Waals surface area contributed by atoms with Crippen molar-refractivity contribution in [3.8, 4) is 0 Å². The molecule has 3 rings (SSSR count). The van der Waals surface area contributed by atoms with Crippen molar-refractivity contribution in [3.05, 3.63) is 36.0 Å². The fourth-order valence-corrected chi connectivity index (χ4v) is 2.87. The van der Waals surface area contributed by atoms with Gasteiger partial charge in [0.15, 0.2) is 0 Å². The maximum Gasteiger partial charge on any atom is 0.0754 e. The number of nitrogens with one attached hydrogen (secondary N) is 1. The molecule has 3 nitrogen and oxygen atoms in total. The van der Waals surface area contributed by atoms with Crippen molar-refractivity contribution in [1.82, 2.24) is 9.88 Å². The van der Waals surface area contributed by atoms with Gasteiger partial charge in [0.2, 0.25) is 0 Å². The first-order chi connectivity index (χ1) is 10.0. The van der Waals surface area contributed by atoms with Gasteiger partial charge in [-0.3, -0.25) is 0 Å². The lowest BCUT2D eigenvalue weighted by Gasteiger charge is -2.20. The lowest BCUT2D eigenvalue weighted by Crippen LogP contribution is -2.35. The van der Waals surface area contributed by atoms with Crippen LogP contribution in [-0.2, 0) is 17.8 Å². The second-order valence-corrected chi connectivity index (χ2v) is 7.10. The van der Waals surface area contributed by atoms with Gasteiger partial charge in [-0.1, -0.05) is 12.1 Å². The maximum absolute atomic E-state index is 5.76. The van der Waals surface area contributed by atoms with Crippen LogP contribution < -0.4 is 5.32 Å². The highest BCUT2D eigenvalue weighted by molar-refractivity contribution is 5.80. The zero-order valence-electron chi connectivity index (χ0n) is 13.4. The lowest BCUT2D eigenvalue weighted by atomic mass is 10.1. The monoisotopic (exact) mass is 286 g/mol. The van der Waals surface area contributed by atoms with Crippen LogP contribution in [0.2, 0.25) is 0 Å². The van der Waals surface area contributed by atoms with Gasteiger partial charge < -0.3 is 14.6 Å². The first-order valence-electron chi connectivity index (χ1n) is 7.96. The summed E-state index contributed by atoms with van der Waals surface area (Å²) in [5.74, 6) is 0. The van der Waals surface area contributed by atoms with Crippen LogP contribution >= 0.6 is 0 Å². The molecule has 1 atom stereocenters. The minimum atomic E-state index is 0.147. The Hall–Kier alpha value is -1.32. The third kappa shape index (κ3) is 3.66. The molecule has 114 valence electrons. The first-order valence-corrected chi connectivity index (χ1v) is 7.96. The summed E-state index contributed by atoms with van der Waals surface area (Å²) in [6.07, 6.45) is 4.96. The van der Waals surface area contributed by atoms with Crippen LogP contribution in [0.15, 0.2) is 30.5 Å². The molecule has 0 bridgehead atoms. The van der Waals surface area contributed by atoms with Gasteiger partial charge in [-0.15, -0.1) is 0 Å². The Morgan fingerprint density at radius 3 is 2.86 bits per heavy atom. The van der Waals surface area contributed by atoms with Gasteiger partial charge in [-0.05, 0) is 56.7 Å². The molecular formula is C18H26N2O. The van der Waals surface area contributed by atoms with Crippen LogP contribution in [0.1, 0.15) is 39.2 Å². The molecule has 1 N–H and O–H groups in total. The summed E-state index contributed by atoms with van der Waals surface area (Å²) < 4.78 is 8.10. The maximum atomic E-state index is 5.76. The van der Waals surface area contributed by atoms with E-state index in [4.69, 9.17) is 4.74 Å². The molecule has 0 radical (unpaired) electrons. The Kier molecular flexibility index (Phi) is 4.05. The average Bonchev–Trinajstić information content (AvgIpc) is 3.06. The molecular weight excluding hydrogens is 260 g/mol. The second kappa shape index (κ2) is 5.82. The van der Waals surface area contributed by atoms with Crippen LogP contribution in [-0.4, -0.2) is 22.8 Å². The SMILES string of the molecule is CC(C)(C)NCc1ccc2ccn(CC3CCCO3)c2c1. The van der Waals surface area contributed by atoms with Crippen molar-refractivity contribution in [2.24, 2.45) is 0 Å². The van der Waals surface area contributed by atoms with Gasteiger partial charge in [0.1, 0.15) is 0 Å². The molecule has 1 aromatic carbocycles. The highest BCUT2D eigenvalue weighted by atomic mass is 16.5. The summed E-state index contributed by atoms with van der Waals surface area (Å²) in [6, 6.07) is 8.95. The fraction of sp³-hybridized carbons (Fsp3) is 0.556. The summed E-state index contributed by atoms with van der Waals surface area (Å²) >= 11 is 0. The van der Waals surface area contributed by atoms with Crippen LogP contribution in [0, 0.1) is 0 Å². The molecule has 1 unspecified atom stereocenters. The first kappa shape index (κ1) is 14.6. The molecule has 3 heteroatoms. The zero-order chi connectivity index (χ0) is 14.9. The Morgan fingerprint density at radius 2 is 2.14 bits per heavy atom. The van der Waals surface area contributed by atoms with Crippen molar-refractivity contribution >= 4 is 10.9 Å². The van der Waals surface area contributed by atoms with Crippen molar-refractivity contribution in [1.29, 1.82) is 0 Å². The van der Waals surface area contributed by atoms with E-state index in [1.165, 1.54) is 29.3 Å². The highest BCUT2D eigenvalue weighted by Gasteiger charge is 2.16. The predicted molar refractivity (Wildman–Crippen MR) is 87.5 cm³/mol. The van der Waals surface area contributed by atoms with E-state index >= 15 is 0 Å². The molecule has 21 heavy (non-hydrogen) atoms. The molecule has 1 aliphatic heterocycles. The number of hydrogen-bond donors (Lipinski definition) is 1. The van der Waals surface area contributed by atoms with Crippen molar-refractivity contribution < 1.29 is 4.74 Å². The smallest absolute Gasteiger partial charge is 0.0754 e. The molecule has 0 spiro atoms. The topological polar surface area (TPSA) is 26.2 Å². The van der Waals surface area contributed by atoms with Gasteiger partial charge in [0.05, 0.1) is 6.10 Å². The summed E-state index contributed by atoms with van der Waals surface area (Å²) in [7, 11) is 0. The van der Waals surface area contributed by atoms with E-state index in [2.05, 4.69) is 61.1 Å². The molecule has 1 aliphatic rings. The van der Waals surface area contributed by atoms with Crippen LogP contribution in [0.25, 0.3) is 10.9 Å². The molecule has 2 heterocycles. The minimum Gasteiger partial charge on any atom is -0.376 e. The van der Waals surface area contributed by atoms with E-state index in [-0.39, 0.29) is 5.54 Å². The molecule has 1 fully saturated rings. The van der Waals surface area contributed by atoms with E-state index in [0.29, 0.717) is 6.10 Å². The predicted octanol–water partition coefficient (Wildman–Crippen LogP) is 3.71. The standard InChI is InChI=1S/C18H26N2O/c1-18(2,3)19-12-14-6-7-15-8-9-20(17(15)11-14)13-16-5-4-10-21-16/h6-9,11,16,19H,4-5,10,12-13H2,1-3H3. The number of ether oxygens (including phenoxy) is 1. The number of fused-ring (bicyclic) bond motifs is 1. The van der Waals surface area contributed by atoms with Crippen LogP contribution in [0.5, 0.6) is 0 Å². The third-order valence-electron chi connectivity index (χ3n) is 4.09. The van der Waals surface area contributed by atoms with Gasteiger partial charge in [0.25, 0.3) is 0 Å². The molecule has 0 aliphatic carbocycles. The number of aromatic nitrogens is 1. The molecule has 1 aromatic heterocycles. The van der Waals surface area contributed by atoms with Gasteiger partial charge in [-0.2, -0.15) is 0 Å². The van der Waals surface area contributed by atoms with E-state index < -0.39 is 0 Å². The molecule has 0 amide bonds. The van der Waals surface area contributed by atoms with Crippen LogP contribution in [0.4, 0.5) is 0 Å². The van der Waals surface area contributed by atoms with E-state index in [0.717, 1.165) is 19.7 Å². The van der Waals surface area contributed by atoms with Crippen molar-refractivity contribution in [3.63, 3.8) is 0 Å². The average molecular weight is 286 g/mol.